The molecule has 2 aromatic heterocycles. The van der Waals surface area contributed by atoms with Crippen LogP contribution in [0.5, 0.6) is 0 Å². The lowest BCUT2D eigenvalue weighted by Crippen LogP contribution is -2.22. The molecule has 8 heteroatoms. The summed E-state index contributed by atoms with van der Waals surface area (Å²) in [6, 6.07) is 0. The van der Waals surface area contributed by atoms with Gasteiger partial charge in [-0.15, -0.1) is 11.3 Å². The topological polar surface area (TPSA) is 77.0 Å². The van der Waals surface area contributed by atoms with Crippen LogP contribution in [0.25, 0.3) is 0 Å². The Labute approximate surface area is 126 Å². The SMILES string of the molecule is CN(C)CCn1ncc(Cl)c1C(=O)c1csc(CN)n1. The molecule has 2 rings (SSSR count). The Morgan fingerprint density at radius 1 is 1.55 bits per heavy atom. The maximum absolute atomic E-state index is 12.5. The first kappa shape index (κ1) is 15.1. The highest BCUT2D eigenvalue weighted by molar-refractivity contribution is 7.09. The van der Waals surface area contributed by atoms with Crippen LogP contribution in [0.15, 0.2) is 11.6 Å². The number of rotatable bonds is 6. The van der Waals surface area contributed by atoms with E-state index in [0.717, 1.165) is 11.6 Å². The number of nitrogens with zero attached hydrogens (tertiary/aromatic N) is 4. The van der Waals surface area contributed by atoms with Crippen molar-refractivity contribution in [3.05, 3.63) is 33.0 Å². The van der Waals surface area contributed by atoms with E-state index in [0.29, 0.717) is 29.5 Å². The van der Waals surface area contributed by atoms with Gasteiger partial charge < -0.3 is 10.6 Å². The molecule has 2 aromatic rings. The summed E-state index contributed by atoms with van der Waals surface area (Å²) in [5, 5.41) is 6.92. The first-order valence-corrected chi connectivity index (χ1v) is 7.34. The quantitative estimate of drug-likeness (QED) is 0.812. The van der Waals surface area contributed by atoms with Crippen molar-refractivity contribution in [1.29, 1.82) is 0 Å². The van der Waals surface area contributed by atoms with Gasteiger partial charge in [0.1, 0.15) is 16.4 Å². The first-order valence-electron chi connectivity index (χ1n) is 6.08. The van der Waals surface area contributed by atoms with Crippen molar-refractivity contribution in [2.75, 3.05) is 20.6 Å². The first-order chi connectivity index (χ1) is 9.52. The van der Waals surface area contributed by atoms with Gasteiger partial charge in [0, 0.05) is 18.5 Å². The maximum atomic E-state index is 12.5. The van der Waals surface area contributed by atoms with Gasteiger partial charge in [-0.2, -0.15) is 5.10 Å². The van der Waals surface area contributed by atoms with Crippen LogP contribution in [0, 0.1) is 0 Å². The molecule has 108 valence electrons. The lowest BCUT2D eigenvalue weighted by atomic mass is 10.2. The molecule has 0 unspecified atom stereocenters. The van der Waals surface area contributed by atoms with Crippen LogP contribution in [0.4, 0.5) is 0 Å². The zero-order valence-electron chi connectivity index (χ0n) is 11.3. The highest BCUT2D eigenvalue weighted by Crippen LogP contribution is 2.20. The zero-order valence-corrected chi connectivity index (χ0v) is 12.9. The highest BCUT2D eigenvalue weighted by atomic mass is 35.5. The number of likely N-dealkylation sites (N-methyl/N-ethyl adjacent to an activating group) is 1. The van der Waals surface area contributed by atoms with Gasteiger partial charge in [-0.3, -0.25) is 9.48 Å². The molecule has 0 spiro atoms. The van der Waals surface area contributed by atoms with Crippen molar-refractivity contribution in [1.82, 2.24) is 19.7 Å². The summed E-state index contributed by atoms with van der Waals surface area (Å²) in [7, 11) is 3.92. The van der Waals surface area contributed by atoms with E-state index >= 15 is 0 Å². The molecule has 0 aliphatic carbocycles. The third-order valence-corrected chi connectivity index (χ3v) is 3.88. The number of carbonyl (C=O) groups excluding carboxylic acids is 1. The largest absolute Gasteiger partial charge is 0.325 e. The van der Waals surface area contributed by atoms with Gasteiger partial charge in [0.25, 0.3) is 0 Å². The molecule has 0 bridgehead atoms. The standard InChI is InChI=1S/C12H16ClN5OS/c1-17(2)3-4-18-11(8(13)6-15-18)12(19)9-7-20-10(5-14)16-9/h6-7H,3-5,14H2,1-2H3. The highest BCUT2D eigenvalue weighted by Gasteiger charge is 2.21. The Morgan fingerprint density at radius 2 is 2.30 bits per heavy atom. The fourth-order valence-corrected chi connectivity index (χ4v) is 2.56. The minimum Gasteiger partial charge on any atom is -0.325 e. The van der Waals surface area contributed by atoms with Gasteiger partial charge in [0.15, 0.2) is 0 Å². The Hall–Kier alpha value is -1.28. The van der Waals surface area contributed by atoms with Gasteiger partial charge in [0.05, 0.1) is 17.8 Å². The Kier molecular flexibility index (Phi) is 4.87. The molecule has 2 N–H and O–H groups in total. The molecule has 0 aliphatic heterocycles. The summed E-state index contributed by atoms with van der Waals surface area (Å²) in [4.78, 5) is 18.7. The number of thiazole rings is 1. The van der Waals surface area contributed by atoms with E-state index in [9.17, 15) is 4.79 Å². The second kappa shape index (κ2) is 6.45. The van der Waals surface area contributed by atoms with Crippen molar-refractivity contribution in [3.63, 3.8) is 0 Å². The van der Waals surface area contributed by atoms with Crippen LogP contribution in [0.3, 0.4) is 0 Å². The predicted octanol–water partition coefficient (Wildman–Crippen LogP) is 1.24. The molecule has 0 radical (unpaired) electrons. The lowest BCUT2D eigenvalue weighted by Gasteiger charge is -2.11. The van der Waals surface area contributed by atoms with Crippen LogP contribution in [0.2, 0.25) is 5.02 Å². The van der Waals surface area contributed by atoms with Crippen molar-refractivity contribution < 1.29 is 4.79 Å². The van der Waals surface area contributed by atoms with E-state index in [1.165, 1.54) is 17.5 Å². The summed E-state index contributed by atoms with van der Waals surface area (Å²) in [5.41, 5.74) is 6.25. The average molecular weight is 314 g/mol. The minimum atomic E-state index is -0.220. The molecular formula is C12H16ClN5OS. The van der Waals surface area contributed by atoms with Crippen molar-refractivity contribution >= 4 is 28.7 Å². The van der Waals surface area contributed by atoms with E-state index in [-0.39, 0.29) is 5.78 Å². The molecule has 0 atom stereocenters. The number of ketones is 1. The van der Waals surface area contributed by atoms with E-state index in [4.69, 9.17) is 17.3 Å². The van der Waals surface area contributed by atoms with Gasteiger partial charge in [-0.05, 0) is 14.1 Å². The van der Waals surface area contributed by atoms with Gasteiger partial charge >= 0.3 is 0 Å². The molecule has 0 amide bonds. The number of hydrogen-bond donors (Lipinski definition) is 1. The number of halogens is 1. The normalized spacial score (nSPS) is 11.2. The van der Waals surface area contributed by atoms with Crippen LogP contribution in [-0.2, 0) is 13.1 Å². The smallest absolute Gasteiger partial charge is 0.231 e. The number of carbonyl (C=O) groups is 1. The van der Waals surface area contributed by atoms with E-state index in [1.807, 2.05) is 19.0 Å². The van der Waals surface area contributed by atoms with E-state index in [1.54, 1.807) is 10.1 Å². The Bertz CT molecular complexity index is 607. The molecule has 0 aliphatic rings. The van der Waals surface area contributed by atoms with Gasteiger partial charge in [0.2, 0.25) is 5.78 Å². The molecular weight excluding hydrogens is 298 g/mol. The van der Waals surface area contributed by atoms with Crippen LogP contribution in [0.1, 0.15) is 21.2 Å². The third kappa shape index (κ3) is 3.24. The molecule has 20 heavy (non-hydrogen) atoms. The summed E-state index contributed by atoms with van der Waals surface area (Å²) in [6.07, 6.45) is 1.49. The fourth-order valence-electron chi connectivity index (χ4n) is 1.68. The summed E-state index contributed by atoms with van der Waals surface area (Å²) >= 11 is 7.45. The maximum Gasteiger partial charge on any atom is 0.231 e. The van der Waals surface area contributed by atoms with Crippen LogP contribution in [-0.4, -0.2) is 46.1 Å². The third-order valence-electron chi connectivity index (χ3n) is 2.73. The monoisotopic (exact) mass is 313 g/mol. The molecule has 0 saturated heterocycles. The second-order valence-electron chi connectivity index (χ2n) is 4.53. The number of nitrogens with two attached hydrogens (primary N) is 1. The number of aromatic nitrogens is 3. The van der Waals surface area contributed by atoms with Crippen LogP contribution >= 0.6 is 22.9 Å². The summed E-state index contributed by atoms with van der Waals surface area (Å²) < 4.78 is 1.62. The fraction of sp³-hybridized carbons (Fsp3) is 0.417. The summed E-state index contributed by atoms with van der Waals surface area (Å²) in [5.74, 6) is -0.220. The molecule has 2 heterocycles. The van der Waals surface area contributed by atoms with Gasteiger partial charge in [-0.1, -0.05) is 11.6 Å². The molecule has 0 saturated carbocycles. The van der Waals surface area contributed by atoms with E-state index < -0.39 is 0 Å². The Balaban J connectivity index is 2.26. The lowest BCUT2D eigenvalue weighted by molar-refractivity contribution is 0.102. The average Bonchev–Trinajstić information content (AvgIpc) is 3.02. The predicted molar refractivity (Wildman–Crippen MR) is 79.2 cm³/mol. The molecule has 6 nitrogen and oxygen atoms in total. The van der Waals surface area contributed by atoms with Gasteiger partial charge in [-0.25, -0.2) is 4.98 Å². The van der Waals surface area contributed by atoms with Crippen molar-refractivity contribution in [2.24, 2.45) is 5.73 Å². The second-order valence-corrected chi connectivity index (χ2v) is 5.88. The minimum absolute atomic E-state index is 0.220. The molecule has 0 aromatic carbocycles. The summed E-state index contributed by atoms with van der Waals surface area (Å²) in [6.45, 7) is 1.68. The Morgan fingerprint density at radius 3 is 2.90 bits per heavy atom. The zero-order chi connectivity index (χ0) is 14.7. The molecule has 0 fully saturated rings. The van der Waals surface area contributed by atoms with Crippen LogP contribution < -0.4 is 5.73 Å². The van der Waals surface area contributed by atoms with Crippen molar-refractivity contribution in [3.8, 4) is 0 Å². The number of hydrogen-bond acceptors (Lipinski definition) is 6. The van der Waals surface area contributed by atoms with E-state index in [2.05, 4.69) is 10.1 Å². The van der Waals surface area contributed by atoms with Crippen molar-refractivity contribution in [2.45, 2.75) is 13.1 Å².